The van der Waals surface area contributed by atoms with Crippen LogP contribution in [0.25, 0.3) is 11.1 Å². The number of furan rings is 1. The zero-order valence-corrected chi connectivity index (χ0v) is 12.3. The molecule has 21 heavy (non-hydrogen) atoms. The van der Waals surface area contributed by atoms with E-state index in [0.717, 1.165) is 36.8 Å². The van der Waals surface area contributed by atoms with Gasteiger partial charge in [-0.25, -0.2) is 10.8 Å². The number of hydrogen-bond acceptors (Lipinski definition) is 5. The number of fused-ring (bicyclic) bond motifs is 3. The lowest BCUT2D eigenvalue weighted by molar-refractivity contribution is 0.0929. The highest BCUT2D eigenvalue weighted by atomic mass is 16.4. The Morgan fingerprint density at radius 2 is 2.10 bits per heavy atom. The number of nitrogens with two attached hydrogens (primary N) is 2. The molecule has 0 spiro atoms. The van der Waals surface area contributed by atoms with E-state index in [1.807, 2.05) is 0 Å². The fraction of sp³-hybridized carbons (Fsp3) is 0.467. The van der Waals surface area contributed by atoms with Crippen molar-refractivity contribution in [2.45, 2.75) is 39.5 Å². The highest BCUT2D eigenvalue weighted by Gasteiger charge is 2.27. The highest BCUT2D eigenvalue weighted by molar-refractivity contribution is 6.05. The zero-order chi connectivity index (χ0) is 15.1. The Hall–Kier alpha value is -2.08. The summed E-state index contributed by atoms with van der Waals surface area (Å²) in [7, 11) is 0. The van der Waals surface area contributed by atoms with Crippen LogP contribution in [0, 0.1) is 5.92 Å². The maximum Gasteiger partial charge on any atom is 0.303 e. The summed E-state index contributed by atoms with van der Waals surface area (Å²) < 4.78 is 5.57. The van der Waals surface area contributed by atoms with Crippen LogP contribution in [0.1, 0.15) is 47.6 Å². The van der Waals surface area contributed by atoms with E-state index in [-0.39, 0.29) is 5.76 Å². The average Bonchev–Trinajstić information content (AvgIpc) is 3.02. The third-order valence-electron chi connectivity index (χ3n) is 3.97. The Morgan fingerprint density at radius 1 is 1.38 bits per heavy atom. The van der Waals surface area contributed by atoms with Crippen molar-refractivity contribution in [2.24, 2.45) is 11.8 Å². The summed E-state index contributed by atoms with van der Waals surface area (Å²) in [5.74, 6) is 5.21. The largest absolute Gasteiger partial charge is 0.430 e. The van der Waals surface area contributed by atoms with Gasteiger partial charge in [0.2, 0.25) is 11.5 Å². The predicted octanol–water partition coefficient (Wildman–Crippen LogP) is 1.70. The molecule has 3 rings (SSSR count). The molecule has 6 nitrogen and oxygen atoms in total. The highest BCUT2D eigenvalue weighted by Crippen LogP contribution is 2.37. The third-order valence-corrected chi connectivity index (χ3v) is 3.97. The number of nitrogen functional groups attached to an aromatic ring is 2. The monoisotopic (exact) mass is 288 g/mol. The summed E-state index contributed by atoms with van der Waals surface area (Å²) in [4.78, 5) is 16.3. The second-order valence-electron chi connectivity index (χ2n) is 5.97. The van der Waals surface area contributed by atoms with Crippen molar-refractivity contribution in [1.29, 1.82) is 0 Å². The number of anilines is 1. The van der Waals surface area contributed by atoms with Gasteiger partial charge in [0.05, 0.1) is 11.1 Å². The fourth-order valence-electron chi connectivity index (χ4n) is 3.12. The second kappa shape index (κ2) is 5.04. The van der Waals surface area contributed by atoms with Gasteiger partial charge in [-0.3, -0.25) is 10.2 Å². The Morgan fingerprint density at radius 3 is 2.76 bits per heavy atom. The Labute approximate surface area is 122 Å². The smallest absolute Gasteiger partial charge is 0.303 e. The van der Waals surface area contributed by atoms with Crippen LogP contribution in [-0.4, -0.2) is 10.9 Å². The van der Waals surface area contributed by atoms with Gasteiger partial charge in [0.25, 0.3) is 0 Å². The van der Waals surface area contributed by atoms with Gasteiger partial charge < -0.3 is 10.2 Å². The number of carbonyl (C=O) groups is 1. The van der Waals surface area contributed by atoms with Crippen LogP contribution in [0.15, 0.2) is 4.42 Å². The van der Waals surface area contributed by atoms with Crippen molar-refractivity contribution in [2.75, 3.05) is 5.73 Å². The zero-order valence-electron chi connectivity index (χ0n) is 12.3. The summed E-state index contributed by atoms with van der Waals surface area (Å²) >= 11 is 0. The van der Waals surface area contributed by atoms with Crippen LogP contribution in [0.4, 0.5) is 5.69 Å². The van der Waals surface area contributed by atoms with Gasteiger partial charge in [-0.1, -0.05) is 13.8 Å². The number of aromatic nitrogens is 1. The number of aryl methyl sites for hydroxylation is 1. The summed E-state index contributed by atoms with van der Waals surface area (Å²) in [6, 6.07) is 0. The molecule has 2 aromatic rings. The topological polar surface area (TPSA) is 107 Å². The van der Waals surface area contributed by atoms with Crippen LogP contribution in [0.3, 0.4) is 0 Å². The molecule has 0 saturated carbocycles. The molecule has 0 bridgehead atoms. The molecule has 2 heterocycles. The number of hydrazine groups is 1. The third kappa shape index (κ3) is 2.15. The first-order valence-corrected chi connectivity index (χ1v) is 7.26. The van der Waals surface area contributed by atoms with Crippen molar-refractivity contribution in [1.82, 2.24) is 10.4 Å². The van der Waals surface area contributed by atoms with Crippen LogP contribution in [0.5, 0.6) is 0 Å². The van der Waals surface area contributed by atoms with Gasteiger partial charge in [-0.15, -0.1) is 0 Å². The number of amides is 1. The molecular weight excluding hydrogens is 268 g/mol. The SMILES string of the molecule is CC(C)Cc1nc2oc(C(=O)NN)c(N)c2c2c1CCC2. The fourth-order valence-corrected chi connectivity index (χ4v) is 3.12. The summed E-state index contributed by atoms with van der Waals surface area (Å²) in [5, 5.41) is 0.786. The number of nitrogens with zero attached hydrogens (tertiary/aromatic N) is 1. The van der Waals surface area contributed by atoms with E-state index in [0.29, 0.717) is 17.3 Å². The molecule has 5 N–H and O–H groups in total. The molecule has 0 radical (unpaired) electrons. The lowest BCUT2D eigenvalue weighted by Gasteiger charge is -2.10. The molecule has 0 saturated heterocycles. The molecule has 0 aliphatic heterocycles. The predicted molar refractivity (Wildman–Crippen MR) is 80.6 cm³/mol. The van der Waals surface area contributed by atoms with E-state index in [1.165, 1.54) is 11.1 Å². The Kier molecular flexibility index (Phi) is 3.33. The first-order valence-electron chi connectivity index (χ1n) is 7.26. The first kappa shape index (κ1) is 13.9. The van der Waals surface area contributed by atoms with Crippen molar-refractivity contribution >= 4 is 22.7 Å². The van der Waals surface area contributed by atoms with Crippen molar-refractivity contribution in [3.05, 3.63) is 22.6 Å². The van der Waals surface area contributed by atoms with Crippen LogP contribution < -0.4 is 17.0 Å². The minimum Gasteiger partial charge on any atom is -0.430 e. The molecular formula is C15H20N4O2. The van der Waals surface area contributed by atoms with Gasteiger partial charge in [0.1, 0.15) is 0 Å². The van der Waals surface area contributed by atoms with E-state index < -0.39 is 5.91 Å². The number of nitrogens with one attached hydrogen (secondary N) is 1. The molecule has 0 unspecified atom stereocenters. The standard InChI is InChI=1S/C15H20N4O2/c1-7(2)6-10-8-4-3-5-9(8)11-12(16)13(14(20)19-17)21-15(11)18-10/h7H,3-6,16-17H2,1-2H3,(H,19,20). The normalized spacial score (nSPS) is 13.9. The van der Waals surface area contributed by atoms with Crippen molar-refractivity contribution in [3.63, 3.8) is 0 Å². The van der Waals surface area contributed by atoms with E-state index in [2.05, 4.69) is 24.3 Å². The molecule has 112 valence electrons. The van der Waals surface area contributed by atoms with Crippen LogP contribution >= 0.6 is 0 Å². The maximum atomic E-state index is 11.7. The van der Waals surface area contributed by atoms with Crippen molar-refractivity contribution in [3.8, 4) is 0 Å². The quantitative estimate of drug-likeness (QED) is 0.452. The first-order chi connectivity index (χ1) is 10.0. The van der Waals surface area contributed by atoms with Gasteiger partial charge >= 0.3 is 5.91 Å². The van der Waals surface area contributed by atoms with Gasteiger partial charge in [-0.2, -0.15) is 0 Å². The minimum absolute atomic E-state index is 0.0517. The Bertz CT molecular complexity index is 718. The summed E-state index contributed by atoms with van der Waals surface area (Å²) in [5.41, 5.74) is 12.5. The van der Waals surface area contributed by atoms with E-state index in [9.17, 15) is 4.79 Å². The van der Waals surface area contributed by atoms with Gasteiger partial charge in [0.15, 0.2) is 0 Å². The lowest BCUT2D eigenvalue weighted by Crippen LogP contribution is -2.30. The molecule has 1 amide bonds. The van der Waals surface area contributed by atoms with E-state index >= 15 is 0 Å². The molecule has 1 aliphatic carbocycles. The van der Waals surface area contributed by atoms with Crippen molar-refractivity contribution < 1.29 is 9.21 Å². The molecule has 2 aromatic heterocycles. The maximum absolute atomic E-state index is 11.7. The molecule has 6 heteroatoms. The van der Waals surface area contributed by atoms with Crippen LogP contribution in [-0.2, 0) is 19.3 Å². The minimum atomic E-state index is -0.525. The summed E-state index contributed by atoms with van der Waals surface area (Å²) in [6.45, 7) is 4.33. The van der Waals surface area contributed by atoms with E-state index in [4.69, 9.17) is 16.0 Å². The second-order valence-corrected chi connectivity index (χ2v) is 5.97. The van der Waals surface area contributed by atoms with Crippen LogP contribution in [0.2, 0.25) is 0 Å². The van der Waals surface area contributed by atoms with Gasteiger partial charge in [0, 0.05) is 5.69 Å². The lowest BCUT2D eigenvalue weighted by atomic mass is 9.99. The number of pyridine rings is 1. The average molecular weight is 288 g/mol. The Balaban J connectivity index is 2.25. The number of rotatable bonds is 3. The number of hydrogen-bond donors (Lipinski definition) is 3. The molecule has 1 aliphatic rings. The van der Waals surface area contributed by atoms with Gasteiger partial charge in [-0.05, 0) is 42.7 Å². The summed E-state index contributed by atoms with van der Waals surface area (Å²) in [6.07, 6.45) is 3.96. The molecule has 0 aromatic carbocycles. The number of carbonyl (C=O) groups excluding carboxylic acids is 1. The van der Waals surface area contributed by atoms with E-state index in [1.54, 1.807) is 0 Å². The molecule has 0 fully saturated rings. The molecule has 0 atom stereocenters.